The second kappa shape index (κ2) is 15.3. The van der Waals surface area contributed by atoms with Gasteiger partial charge < -0.3 is 5.32 Å². The fraction of sp³-hybridized carbons (Fsp3) is 0.618. The Bertz CT molecular complexity index is 904. The average molecular weight is 509 g/mol. The van der Waals surface area contributed by atoms with E-state index >= 15 is 0 Å². The van der Waals surface area contributed by atoms with Crippen molar-refractivity contribution in [3.8, 4) is 0 Å². The second-order valence-electron chi connectivity index (χ2n) is 11.5. The van der Waals surface area contributed by atoms with Crippen LogP contribution in [0.4, 0.5) is 4.39 Å². The van der Waals surface area contributed by atoms with Crippen molar-refractivity contribution in [2.75, 3.05) is 7.05 Å². The summed E-state index contributed by atoms with van der Waals surface area (Å²) in [5.41, 5.74) is 4.20. The molecular formula is C34H53FN2. The Morgan fingerprint density at radius 3 is 2.38 bits per heavy atom. The molecule has 0 bridgehead atoms. The molecule has 2 aliphatic rings. The molecule has 0 aromatic heterocycles. The summed E-state index contributed by atoms with van der Waals surface area (Å²) in [5.74, 6) is 2.35. The van der Waals surface area contributed by atoms with Crippen LogP contribution < -0.4 is 5.32 Å². The molecule has 1 aromatic carbocycles. The van der Waals surface area contributed by atoms with Crippen LogP contribution in [0.3, 0.4) is 0 Å². The summed E-state index contributed by atoms with van der Waals surface area (Å²) in [6, 6.07) is 5.51. The van der Waals surface area contributed by atoms with Crippen LogP contribution in [0.25, 0.3) is 0 Å². The molecule has 1 aromatic rings. The molecule has 3 atom stereocenters. The molecule has 2 aliphatic carbocycles. The van der Waals surface area contributed by atoms with Gasteiger partial charge in [0.15, 0.2) is 0 Å². The van der Waals surface area contributed by atoms with Gasteiger partial charge in [-0.1, -0.05) is 90.7 Å². The number of nitrogens with zero attached hydrogens (tertiary/aromatic N) is 1. The van der Waals surface area contributed by atoms with E-state index in [1.54, 1.807) is 19.5 Å². The standard InChI is InChI=1S/C27H41FN2.C7H12/c1-8-11-24-16-23(17-27(24,9-2)10-3)25(20(5)21(6)30-18-29-7)15-22-12-13-26(28)19(4)14-22;1-2-7-5-3-4-6-7/h12-14,18,23-25H,5-6,8-11,15-17H2,1-4,7H3,(H,29,30);2,7H,1,3-6H2/t23?,24-,25?;/m1./s1. The number of rotatable bonds is 12. The SMILES string of the molecule is C=C(NC=NC)C(=C)C(Cc1ccc(F)c(C)c1)C1C[C@@H](CCC)C(CC)(CC)C1.C=CC1CCCC1. The summed E-state index contributed by atoms with van der Waals surface area (Å²) >= 11 is 0. The molecule has 3 heteroatoms. The molecule has 3 rings (SSSR count). The highest BCUT2D eigenvalue weighted by molar-refractivity contribution is 5.59. The van der Waals surface area contributed by atoms with E-state index in [2.05, 4.69) is 56.9 Å². The summed E-state index contributed by atoms with van der Waals surface area (Å²) in [6.45, 7) is 21.3. The number of aliphatic imine (C=N–C) groups is 1. The Morgan fingerprint density at radius 1 is 1.19 bits per heavy atom. The van der Waals surface area contributed by atoms with Crippen molar-refractivity contribution in [1.82, 2.24) is 5.32 Å². The Labute approximate surface area is 227 Å². The molecule has 1 N–H and O–H groups in total. The highest BCUT2D eigenvalue weighted by Gasteiger charge is 2.46. The molecule has 0 heterocycles. The lowest BCUT2D eigenvalue weighted by atomic mass is 9.71. The molecule has 0 radical (unpaired) electrons. The van der Waals surface area contributed by atoms with Crippen molar-refractivity contribution in [2.24, 2.45) is 34.1 Å². The van der Waals surface area contributed by atoms with E-state index in [9.17, 15) is 4.39 Å². The van der Waals surface area contributed by atoms with Crippen LogP contribution >= 0.6 is 0 Å². The molecule has 2 saturated carbocycles. The van der Waals surface area contributed by atoms with E-state index in [0.29, 0.717) is 22.8 Å². The molecule has 206 valence electrons. The van der Waals surface area contributed by atoms with Gasteiger partial charge in [0, 0.05) is 12.7 Å². The normalized spacial score (nSPS) is 21.9. The number of aryl methyl sites for hydroxylation is 1. The van der Waals surface area contributed by atoms with Crippen molar-refractivity contribution in [3.05, 3.63) is 72.2 Å². The minimum absolute atomic E-state index is 0.140. The number of benzene rings is 1. The van der Waals surface area contributed by atoms with E-state index in [0.717, 1.165) is 29.5 Å². The van der Waals surface area contributed by atoms with Gasteiger partial charge in [-0.2, -0.15) is 0 Å². The zero-order chi connectivity index (χ0) is 27.4. The molecule has 2 unspecified atom stereocenters. The van der Waals surface area contributed by atoms with Gasteiger partial charge in [-0.15, -0.1) is 6.58 Å². The fourth-order valence-corrected chi connectivity index (χ4v) is 6.90. The number of allylic oxidation sites excluding steroid dienone is 2. The lowest BCUT2D eigenvalue weighted by molar-refractivity contribution is 0.167. The molecule has 0 spiro atoms. The predicted molar refractivity (Wildman–Crippen MR) is 160 cm³/mol. The van der Waals surface area contributed by atoms with E-state index < -0.39 is 0 Å². The molecule has 2 fully saturated rings. The molecule has 0 amide bonds. The molecule has 0 aliphatic heterocycles. The number of nitrogens with one attached hydrogen (secondary N) is 1. The third-order valence-corrected chi connectivity index (χ3v) is 9.35. The van der Waals surface area contributed by atoms with Gasteiger partial charge in [0.2, 0.25) is 0 Å². The van der Waals surface area contributed by atoms with Crippen LogP contribution in [0.2, 0.25) is 0 Å². The Morgan fingerprint density at radius 2 is 1.86 bits per heavy atom. The minimum atomic E-state index is -0.140. The maximum atomic E-state index is 13.8. The van der Waals surface area contributed by atoms with Gasteiger partial charge in [-0.25, -0.2) is 4.39 Å². The van der Waals surface area contributed by atoms with Crippen molar-refractivity contribution in [2.45, 2.75) is 98.3 Å². The lowest BCUT2D eigenvalue weighted by Crippen LogP contribution is -2.25. The van der Waals surface area contributed by atoms with Crippen LogP contribution in [0.15, 0.2) is 60.3 Å². The van der Waals surface area contributed by atoms with E-state index in [1.807, 2.05) is 19.1 Å². The summed E-state index contributed by atoms with van der Waals surface area (Å²) in [4.78, 5) is 4.03. The lowest BCUT2D eigenvalue weighted by Gasteiger charge is -2.34. The monoisotopic (exact) mass is 508 g/mol. The first kappa shape index (κ1) is 31.1. The van der Waals surface area contributed by atoms with Crippen molar-refractivity contribution < 1.29 is 4.39 Å². The second-order valence-corrected chi connectivity index (χ2v) is 11.5. The van der Waals surface area contributed by atoms with Gasteiger partial charge >= 0.3 is 0 Å². The predicted octanol–water partition coefficient (Wildman–Crippen LogP) is 9.61. The van der Waals surface area contributed by atoms with E-state index in [-0.39, 0.29) is 5.82 Å². The zero-order valence-electron chi connectivity index (χ0n) is 24.4. The minimum Gasteiger partial charge on any atom is -0.347 e. The van der Waals surface area contributed by atoms with Crippen LogP contribution in [0, 0.1) is 41.8 Å². The molecule has 37 heavy (non-hydrogen) atoms. The highest BCUT2D eigenvalue weighted by atomic mass is 19.1. The van der Waals surface area contributed by atoms with Crippen LogP contribution in [-0.2, 0) is 6.42 Å². The van der Waals surface area contributed by atoms with Gasteiger partial charge in [0.05, 0.1) is 6.34 Å². The first-order valence-corrected chi connectivity index (χ1v) is 14.7. The van der Waals surface area contributed by atoms with Crippen molar-refractivity contribution >= 4 is 6.34 Å². The maximum absolute atomic E-state index is 13.8. The van der Waals surface area contributed by atoms with Gasteiger partial charge in [-0.3, -0.25) is 4.99 Å². The van der Waals surface area contributed by atoms with E-state index in [1.165, 1.54) is 69.8 Å². The number of halogens is 1. The third kappa shape index (κ3) is 8.42. The summed E-state index contributed by atoms with van der Waals surface area (Å²) in [6.07, 6.45) is 17.8. The third-order valence-electron chi connectivity index (χ3n) is 9.35. The number of hydrogen-bond acceptors (Lipinski definition) is 1. The zero-order valence-corrected chi connectivity index (χ0v) is 24.4. The average Bonchev–Trinajstić information content (AvgIpc) is 3.56. The summed E-state index contributed by atoms with van der Waals surface area (Å²) < 4.78 is 13.8. The first-order chi connectivity index (χ1) is 17.7. The van der Waals surface area contributed by atoms with Crippen molar-refractivity contribution in [1.29, 1.82) is 0 Å². The largest absolute Gasteiger partial charge is 0.347 e. The Kier molecular flexibility index (Phi) is 12.8. The van der Waals surface area contributed by atoms with Gasteiger partial charge in [0.1, 0.15) is 5.82 Å². The molecule has 0 saturated heterocycles. The Balaban J connectivity index is 0.000000591. The maximum Gasteiger partial charge on any atom is 0.126 e. The van der Waals surface area contributed by atoms with Crippen LogP contribution in [0.1, 0.15) is 96.1 Å². The van der Waals surface area contributed by atoms with Gasteiger partial charge in [0.25, 0.3) is 0 Å². The first-order valence-electron chi connectivity index (χ1n) is 14.7. The topological polar surface area (TPSA) is 24.4 Å². The quantitative estimate of drug-likeness (QED) is 0.129. The highest BCUT2D eigenvalue weighted by Crippen LogP contribution is 2.56. The summed E-state index contributed by atoms with van der Waals surface area (Å²) in [7, 11) is 1.74. The molecule has 2 nitrogen and oxygen atoms in total. The smallest absolute Gasteiger partial charge is 0.126 e. The molecular weight excluding hydrogens is 455 g/mol. The summed E-state index contributed by atoms with van der Waals surface area (Å²) in [5, 5.41) is 3.18. The van der Waals surface area contributed by atoms with Gasteiger partial charge in [-0.05, 0) is 90.9 Å². The fourth-order valence-electron chi connectivity index (χ4n) is 6.90. The van der Waals surface area contributed by atoms with Crippen LogP contribution in [-0.4, -0.2) is 13.4 Å². The van der Waals surface area contributed by atoms with Crippen molar-refractivity contribution in [3.63, 3.8) is 0 Å². The number of hydrogen-bond donors (Lipinski definition) is 1. The Hall–Kier alpha value is -2.16. The van der Waals surface area contributed by atoms with Crippen LogP contribution in [0.5, 0.6) is 0 Å². The van der Waals surface area contributed by atoms with E-state index in [4.69, 9.17) is 0 Å².